The molecule has 0 unspecified atom stereocenters. The minimum atomic E-state index is -0.150. The lowest BCUT2D eigenvalue weighted by Crippen LogP contribution is -2.18. The number of hydrogen-bond donors (Lipinski definition) is 0. The first kappa shape index (κ1) is 15.3. The zero-order chi connectivity index (χ0) is 14.8. The molecule has 0 saturated heterocycles. The van der Waals surface area contributed by atoms with Crippen molar-refractivity contribution in [3.63, 3.8) is 0 Å². The Balaban J connectivity index is 2.12. The first-order valence-electron chi connectivity index (χ1n) is 6.57. The maximum absolute atomic E-state index is 6.17. The highest BCUT2D eigenvalue weighted by Gasteiger charge is 2.21. The van der Waals surface area contributed by atoms with Crippen LogP contribution in [0.2, 0.25) is 5.15 Å². The number of ether oxygens (including phenoxy) is 1. The third-order valence-corrected chi connectivity index (χ3v) is 4.18. The van der Waals surface area contributed by atoms with Crippen LogP contribution in [0.1, 0.15) is 37.0 Å². The van der Waals surface area contributed by atoms with Gasteiger partial charge in [-0.25, -0.2) is 4.98 Å². The van der Waals surface area contributed by atoms with Gasteiger partial charge in [0.1, 0.15) is 11.0 Å². The lowest BCUT2D eigenvalue weighted by molar-refractivity contribution is 0.304. The van der Waals surface area contributed by atoms with Gasteiger partial charge in [0.2, 0.25) is 5.88 Å². The summed E-state index contributed by atoms with van der Waals surface area (Å²) in [5.74, 6) is 1.30. The largest absolute Gasteiger partial charge is 0.477 e. The Morgan fingerprint density at radius 3 is 2.65 bits per heavy atom. The molecule has 2 heterocycles. The van der Waals surface area contributed by atoms with Crippen LogP contribution in [0.25, 0.3) is 0 Å². The minimum Gasteiger partial charge on any atom is -0.477 e. The van der Waals surface area contributed by atoms with Gasteiger partial charge in [0, 0.05) is 22.3 Å². The van der Waals surface area contributed by atoms with E-state index in [1.807, 2.05) is 13.0 Å². The lowest BCUT2D eigenvalue weighted by Gasteiger charge is -2.19. The van der Waals surface area contributed by atoms with Gasteiger partial charge in [-0.15, -0.1) is 11.3 Å². The summed E-state index contributed by atoms with van der Waals surface area (Å²) in [6.45, 7) is 8.66. The average Bonchev–Trinajstić information content (AvgIpc) is 2.86. The fourth-order valence-electron chi connectivity index (χ4n) is 1.65. The quantitative estimate of drug-likeness (QED) is 0.784. The number of nitrogens with zero attached hydrogens (tertiary/aromatic N) is 2. The molecule has 2 aromatic heterocycles. The molecule has 0 aliphatic heterocycles. The molecule has 0 aliphatic carbocycles. The SMILES string of the molecule is Cc1c(Cl)nc(C(C)(C)C)nc1OCCc1cccs1. The van der Waals surface area contributed by atoms with Crippen LogP contribution in [0.3, 0.4) is 0 Å². The Hall–Kier alpha value is -1.13. The van der Waals surface area contributed by atoms with Crippen LogP contribution in [-0.2, 0) is 11.8 Å². The average molecular weight is 311 g/mol. The summed E-state index contributed by atoms with van der Waals surface area (Å²) in [6, 6.07) is 4.15. The summed E-state index contributed by atoms with van der Waals surface area (Å²) in [4.78, 5) is 10.2. The number of aromatic nitrogens is 2. The third-order valence-electron chi connectivity index (χ3n) is 2.88. The van der Waals surface area contributed by atoms with Crippen LogP contribution in [-0.4, -0.2) is 16.6 Å². The predicted octanol–water partition coefficient (Wildman–Crippen LogP) is 4.42. The van der Waals surface area contributed by atoms with Crippen LogP contribution in [0.15, 0.2) is 17.5 Å². The van der Waals surface area contributed by atoms with E-state index in [0.29, 0.717) is 23.5 Å². The second kappa shape index (κ2) is 6.10. The van der Waals surface area contributed by atoms with Crippen molar-refractivity contribution in [2.75, 3.05) is 6.61 Å². The van der Waals surface area contributed by atoms with Gasteiger partial charge in [-0.1, -0.05) is 38.4 Å². The van der Waals surface area contributed by atoms with Crippen LogP contribution in [0.5, 0.6) is 5.88 Å². The molecule has 0 spiro atoms. The molecule has 0 bridgehead atoms. The first-order valence-corrected chi connectivity index (χ1v) is 7.83. The van der Waals surface area contributed by atoms with Gasteiger partial charge in [0.25, 0.3) is 0 Å². The molecule has 0 aromatic carbocycles. The van der Waals surface area contributed by atoms with Gasteiger partial charge in [-0.05, 0) is 18.4 Å². The van der Waals surface area contributed by atoms with E-state index < -0.39 is 0 Å². The summed E-state index contributed by atoms with van der Waals surface area (Å²) in [5.41, 5.74) is 0.647. The topological polar surface area (TPSA) is 35.0 Å². The number of halogens is 1. The second-order valence-corrected chi connectivity index (χ2v) is 7.09. The van der Waals surface area contributed by atoms with E-state index in [1.165, 1.54) is 4.88 Å². The highest BCUT2D eigenvalue weighted by atomic mass is 35.5. The highest BCUT2D eigenvalue weighted by molar-refractivity contribution is 7.09. The van der Waals surface area contributed by atoms with Crippen molar-refractivity contribution in [2.45, 2.75) is 39.5 Å². The van der Waals surface area contributed by atoms with Crippen molar-refractivity contribution in [3.05, 3.63) is 38.9 Å². The normalized spacial score (nSPS) is 11.7. The maximum atomic E-state index is 6.17. The van der Waals surface area contributed by atoms with Crippen LogP contribution < -0.4 is 4.74 Å². The Labute approximate surface area is 129 Å². The predicted molar refractivity (Wildman–Crippen MR) is 84.0 cm³/mol. The number of thiophene rings is 1. The zero-order valence-electron chi connectivity index (χ0n) is 12.2. The molecule has 0 amide bonds. The Morgan fingerprint density at radius 2 is 2.05 bits per heavy atom. The van der Waals surface area contributed by atoms with E-state index in [4.69, 9.17) is 16.3 Å². The molecular formula is C15H19ClN2OS. The van der Waals surface area contributed by atoms with Crippen LogP contribution in [0.4, 0.5) is 0 Å². The van der Waals surface area contributed by atoms with Gasteiger partial charge in [-0.3, -0.25) is 0 Å². The zero-order valence-corrected chi connectivity index (χ0v) is 13.8. The van der Waals surface area contributed by atoms with Gasteiger partial charge in [0.15, 0.2) is 0 Å². The fourth-order valence-corrected chi connectivity index (χ4v) is 2.50. The van der Waals surface area contributed by atoms with Crippen molar-refractivity contribution in [1.82, 2.24) is 9.97 Å². The molecule has 0 N–H and O–H groups in total. The summed E-state index contributed by atoms with van der Waals surface area (Å²) in [5, 5.41) is 2.54. The van der Waals surface area contributed by atoms with Crippen molar-refractivity contribution >= 4 is 22.9 Å². The molecule has 0 saturated carbocycles. The molecular weight excluding hydrogens is 292 g/mol. The molecule has 3 nitrogen and oxygen atoms in total. The molecule has 0 aliphatic rings. The maximum Gasteiger partial charge on any atom is 0.221 e. The Morgan fingerprint density at radius 1 is 1.30 bits per heavy atom. The van der Waals surface area contributed by atoms with E-state index in [0.717, 1.165) is 12.0 Å². The molecule has 2 aromatic rings. The Bertz CT molecular complexity index is 576. The standard InChI is InChI=1S/C15H19ClN2OS/c1-10-12(16)17-14(15(2,3)4)18-13(10)19-8-7-11-6-5-9-20-11/h5-6,9H,7-8H2,1-4H3. The van der Waals surface area contributed by atoms with E-state index in [1.54, 1.807) is 11.3 Å². The second-order valence-electron chi connectivity index (χ2n) is 5.70. The first-order chi connectivity index (χ1) is 9.38. The number of rotatable bonds is 4. The molecule has 2 rings (SSSR count). The van der Waals surface area contributed by atoms with E-state index in [2.05, 4.69) is 42.2 Å². The summed E-state index contributed by atoms with van der Waals surface area (Å²) < 4.78 is 5.80. The van der Waals surface area contributed by atoms with E-state index in [-0.39, 0.29) is 5.41 Å². The summed E-state index contributed by atoms with van der Waals surface area (Å²) in [7, 11) is 0. The van der Waals surface area contributed by atoms with Crippen molar-refractivity contribution in [3.8, 4) is 5.88 Å². The number of hydrogen-bond acceptors (Lipinski definition) is 4. The molecule has 5 heteroatoms. The van der Waals surface area contributed by atoms with Gasteiger partial charge in [0.05, 0.1) is 6.61 Å². The van der Waals surface area contributed by atoms with Crippen LogP contribution >= 0.6 is 22.9 Å². The highest BCUT2D eigenvalue weighted by Crippen LogP contribution is 2.27. The summed E-state index contributed by atoms with van der Waals surface area (Å²) in [6.07, 6.45) is 0.879. The van der Waals surface area contributed by atoms with Crippen molar-refractivity contribution < 1.29 is 4.74 Å². The van der Waals surface area contributed by atoms with Gasteiger partial charge in [-0.2, -0.15) is 4.98 Å². The summed E-state index contributed by atoms with van der Waals surface area (Å²) >= 11 is 7.91. The lowest BCUT2D eigenvalue weighted by atomic mass is 9.96. The Kier molecular flexibility index (Phi) is 4.66. The molecule has 0 radical (unpaired) electrons. The third kappa shape index (κ3) is 3.70. The van der Waals surface area contributed by atoms with Crippen molar-refractivity contribution in [2.24, 2.45) is 0 Å². The van der Waals surface area contributed by atoms with Crippen LogP contribution in [0, 0.1) is 6.92 Å². The molecule has 0 fully saturated rings. The van der Waals surface area contributed by atoms with Crippen molar-refractivity contribution in [1.29, 1.82) is 0 Å². The fraction of sp³-hybridized carbons (Fsp3) is 0.467. The van der Waals surface area contributed by atoms with E-state index in [9.17, 15) is 0 Å². The monoisotopic (exact) mass is 310 g/mol. The van der Waals surface area contributed by atoms with Gasteiger partial charge < -0.3 is 4.74 Å². The smallest absolute Gasteiger partial charge is 0.221 e. The minimum absolute atomic E-state index is 0.150. The van der Waals surface area contributed by atoms with Gasteiger partial charge >= 0.3 is 0 Å². The molecule has 0 atom stereocenters. The molecule has 20 heavy (non-hydrogen) atoms. The molecule has 108 valence electrons. The van der Waals surface area contributed by atoms with E-state index >= 15 is 0 Å².